The van der Waals surface area contributed by atoms with E-state index >= 15 is 0 Å². The Labute approximate surface area is 244 Å². The summed E-state index contributed by atoms with van der Waals surface area (Å²) < 4.78 is 47.5. The zero-order valence-corrected chi connectivity index (χ0v) is 24.7. The molecule has 0 bridgehead atoms. The van der Waals surface area contributed by atoms with E-state index in [-0.39, 0.29) is 28.7 Å². The van der Waals surface area contributed by atoms with Crippen molar-refractivity contribution in [3.8, 4) is 5.75 Å². The highest BCUT2D eigenvalue weighted by Gasteiger charge is 2.33. The number of carbonyl (C=O) groups is 2. The van der Waals surface area contributed by atoms with Gasteiger partial charge in [0.05, 0.1) is 22.6 Å². The summed E-state index contributed by atoms with van der Waals surface area (Å²) in [6, 6.07) is 13.5. The number of halogens is 1. The maximum Gasteiger partial charge on any atom is 0.273 e. The Morgan fingerprint density at radius 2 is 1.64 bits per heavy atom. The van der Waals surface area contributed by atoms with E-state index in [1.54, 1.807) is 13.8 Å². The van der Waals surface area contributed by atoms with Gasteiger partial charge < -0.3 is 15.0 Å². The minimum Gasteiger partial charge on any atom is -0.497 e. The Bertz CT molecular complexity index is 1550. The third-order valence-electron chi connectivity index (χ3n) is 6.47. The first kappa shape index (κ1) is 32.0. The maximum atomic E-state index is 14.0. The standard InChI is InChI=1S/C29H33FN4O7S/c1-19(2)31-29(36)21(4)32(17-22-7-9-23(30)10-8-22)28(35)18-33(24-11-13-25(41-5)14-12-24)42(39,40)26-15-6-20(3)27(16-26)34(37)38/h6-16,19,21H,17-18H2,1-5H3,(H,31,36). The summed E-state index contributed by atoms with van der Waals surface area (Å²) >= 11 is 0. The van der Waals surface area contributed by atoms with Gasteiger partial charge in [-0.3, -0.25) is 24.0 Å². The van der Waals surface area contributed by atoms with Gasteiger partial charge in [0, 0.05) is 24.2 Å². The summed E-state index contributed by atoms with van der Waals surface area (Å²) in [6.07, 6.45) is 0. The minimum absolute atomic E-state index is 0.0911. The minimum atomic E-state index is -4.53. The zero-order valence-electron chi connectivity index (χ0n) is 23.9. The number of carbonyl (C=O) groups excluding carboxylic acids is 2. The number of rotatable bonds is 12. The number of methoxy groups -OCH3 is 1. The zero-order chi connectivity index (χ0) is 31.2. The van der Waals surface area contributed by atoms with Crippen molar-refractivity contribution in [3.63, 3.8) is 0 Å². The van der Waals surface area contributed by atoms with Crippen LogP contribution in [0.1, 0.15) is 31.9 Å². The smallest absolute Gasteiger partial charge is 0.273 e. The first-order chi connectivity index (χ1) is 19.7. The van der Waals surface area contributed by atoms with Gasteiger partial charge in [-0.1, -0.05) is 18.2 Å². The number of benzene rings is 3. The highest BCUT2D eigenvalue weighted by atomic mass is 32.2. The molecular formula is C29H33FN4O7S. The van der Waals surface area contributed by atoms with Gasteiger partial charge in [0.25, 0.3) is 15.7 Å². The summed E-state index contributed by atoms with van der Waals surface area (Å²) in [7, 11) is -3.09. The lowest BCUT2D eigenvalue weighted by molar-refractivity contribution is -0.385. The van der Waals surface area contributed by atoms with Crippen molar-refractivity contribution in [2.45, 2.75) is 51.2 Å². The number of nitrogens with one attached hydrogen (secondary N) is 1. The second-order valence-corrected chi connectivity index (χ2v) is 11.8. The molecule has 0 aliphatic heterocycles. The van der Waals surface area contributed by atoms with Crippen molar-refractivity contribution in [1.82, 2.24) is 10.2 Å². The first-order valence-corrected chi connectivity index (χ1v) is 14.4. The average molecular weight is 601 g/mol. The fourth-order valence-corrected chi connectivity index (χ4v) is 5.56. The van der Waals surface area contributed by atoms with Crippen LogP contribution in [0.15, 0.2) is 71.6 Å². The van der Waals surface area contributed by atoms with Crippen LogP contribution in [0.25, 0.3) is 0 Å². The summed E-state index contributed by atoms with van der Waals surface area (Å²) in [5, 5.41) is 14.3. The maximum absolute atomic E-state index is 14.0. The number of hydrogen-bond acceptors (Lipinski definition) is 7. The highest BCUT2D eigenvalue weighted by molar-refractivity contribution is 7.92. The number of ether oxygens (including phenoxy) is 1. The number of hydrogen-bond donors (Lipinski definition) is 1. The molecule has 0 aliphatic carbocycles. The van der Waals surface area contributed by atoms with Crippen molar-refractivity contribution in [2.75, 3.05) is 18.0 Å². The van der Waals surface area contributed by atoms with Crippen LogP contribution in [0.4, 0.5) is 15.8 Å². The quantitative estimate of drug-likeness (QED) is 0.243. The normalized spacial score (nSPS) is 12.0. The second kappa shape index (κ2) is 13.4. The Morgan fingerprint density at radius 1 is 1.02 bits per heavy atom. The number of nitro benzene ring substituents is 1. The van der Waals surface area contributed by atoms with E-state index in [4.69, 9.17) is 4.74 Å². The van der Waals surface area contributed by atoms with Crippen LogP contribution in [0.5, 0.6) is 5.75 Å². The van der Waals surface area contributed by atoms with Gasteiger partial charge in [0.15, 0.2) is 0 Å². The molecule has 0 fully saturated rings. The van der Waals surface area contributed by atoms with Gasteiger partial charge in [-0.05, 0) is 75.7 Å². The molecule has 0 saturated heterocycles. The van der Waals surface area contributed by atoms with Gasteiger partial charge in [-0.25, -0.2) is 12.8 Å². The lowest BCUT2D eigenvalue weighted by Crippen LogP contribution is -2.52. The SMILES string of the molecule is COc1ccc(N(CC(=O)N(Cc2ccc(F)cc2)C(C)C(=O)NC(C)C)S(=O)(=O)c2ccc(C)c([N+](=O)[O-])c2)cc1. The summed E-state index contributed by atoms with van der Waals surface area (Å²) in [4.78, 5) is 38.5. The van der Waals surface area contributed by atoms with Gasteiger partial charge in [0.2, 0.25) is 11.8 Å². The molecule has 1 N–H and O–H groups in total. The largest absolute Gasteiger partial charge is 0.497 e. The molecule has 3 aromatic carbocycles. The molecule has 2 amide bonds. The summed E-state index contributed by atoms with van der Waals surface area (Å²) in [5.74, 6) is -1.24. The highest BCUT2D eigenvalue weighted by Crippen LogP contribution is 2.29. The lowest BCUT2D eigenvalue weighted by atomic mass is 10.1. The van der Waals surface area contributed by atoms with E-state index in [9.17, 15) is 32.5 Å². The predicted octanol–water partition coefficient (Wildman–Crippen LogP) is 4.19. The predicted molar refractivity (Wildman–Crippen MR) is 155 cm³/mol. The van der Waals surface area contributed by atoms with Gasteiger partial charge in [-0.2, -0.15) is 0 Å². The Balaban J connectivity index is 2.09. The van der Waals surface area contributed by atoms with Crippen LogP contribution < -0.4 is 14.4 Å². The lowest BCUT2D eigenvalue weighted by Gasteiger charge is -2.32. The monoisotopic (exact) mass is 600 g/mol. The fourth-order valence-electron chi connectivity index (χ4n) is 4.13. The van der Waals surface area contributed by atoms with Crippen molar-refractivity contribution < 1.29 is 32.1 Å². The average Bonchev–Trinajstić information content (AvgIpc) is 2.94. The second-order valence-electron chi connectivity index (χ2n) is 9.90. The van der Waals surface area contributed by atoms with Crippen LogP contribution in [0, 0.1) is 22.9 Å². The molecule has 1 unspecified atom stereocenters. The Hall–Kier alpha value is -4.52. The molecule has 0 radical (unpaired) electrons. The van der Waals surface area contributed by atoms with Crippen molar-refractivity contribution in [1.29, 1.82) is 0 Å². The number of sulfonamides is 1. The van der Waals surface area contributed by atoms with Crippen molar-refractivity contribution >= 4 is 33.2 Å². The van der Waals surface area contributed by atoms with Crippen LogP contribution in [-0.2, 0) is 26.2 Å². The van der Waals surface area contributed by atoms with Crippen LogP contribution in [-0.4, -0.2) is 55.8 Å². The van der Waals surface area contributed by atoms with Crippen LogP contribution in [0.3, 0.4) is 0 Å². The molecule has 0 aromatic heterocycles. The molecule has 0 spiro atoms. The van der Waals surface area contributed by atoms with Crippen molar-refractivity contribution in [3.05, 3.63) is 93.8 Å². The first-order valence-electron chi connectivity index (χ1n) is 13.0. The molecule has 42 heavy (non-hydrogen) atoms. The molecule has 224 valence electrons. The molecule has 13 heteroatoms. The molecule has 0 aliphatic rings. The third kappa shape index (κ3) is 7.60. The van der Waals surface area contributed by atoms with Crippen LogP contribution >= 0.6 is 0 Å². The van der Waals surface area contributed by atoms with Crippen molar-refractivity contribution in [2.24, 2.45) is 0 Å². The van der Waals surface area contributed by atoms with E-state index < -0.39 is 50.9 Å². The Kier molecular flexibility index (Phi) is 10.2. The molecule has 0 saturated carbocycles. The van der Waals surface area contributed by atoms with Gasteiger partial charge in [-0.15, -0.1) is 0 Å². The molecule has 11 nitrogen and oxygen atoms in total. The fraction of sp³-hybridized carbons (Fsp3) is 0.310. The number of anilines is 1. The molecule has 3 aromatic rings. The van der Waals surface area contributed by atoms with E-state index in [0.717, 1.165) is 10.4 Å². The van der Waals surface area contributed by atoms with E-state index in [0.29, 0.717) is 11.3 Å². The molecular weight excluding hydrogens is 567 g/mol. The number of nitrogens with zero attached hydrogens (tertiary/aromatic N) is 3. The number of aryl methyl sites for hydroxylation is 1. The molecule has 3 rings (SSSR count). The third-order valence-corrected chi connectivity index (χ3v) is 8.24. The number of amides is 2. The topological polar surface area (TPSA) is 139 Å². The molecule has 0 heterocycles. The van der Waals surface area contributed by atoms with Gasteiger partial charge >= 0.3 is 0 Å². The Morgan fingerprint density at radius 3 is 2.19 bits per heavy atom. The summed E-state index contributed by atoms with van der Waals surface area (Å²) in [6.45, 7) is 5.66. The van der Waals surface area contributed by atoms with E-state index in [1.807, 2.05) is 0 Å². The van der Waals surface area contributed by atoms with Crippen LogP contribution in [0.2, 0.25) is 0 Å². The van der Waals surface area contributed by atoms with E-state index in [1.165, 1.54) is 86.5 Å². The molecule has 1 atom stereocenters. The van der Waals surface area contributed by atoms with E-state index in [2.05, 4.69) is 5.32 Å². The number of nitro groups is 1. The van der Waals surface area contributed by atoms with Gasteiger partial charge in [0.1, 0.15) is 24.2 Å². The summed E-state index contributed by atoms with van der Waals surface area (Å²) in [5.41, 5.74) is 0.478.